The first kappa shape index (κ1) is 20.9. The van der Waals surface area contributed by atoms with Crippen molar-refractivity contribution >= 4 is 57.6 Å². The zero-order chi connectivity index (χ0) is 22.1. The van der Waals surface area contributed by atoms with Crippen LogP contribution in [0, 0.1) is 0 Å². The number of amides is 1. The lowest BCUT2D eigenvalue weighted by molar-refractivity contribution is -0.113. The molecule has 1 N–H and O–H groups in total. The first-order chi connectivity index (χ1) is 14.8. The van der Waals surface area contributed by atoms with Crippen molar-refractivity contribution in [3.05, 3.63) is 76.9 Å². The van der Waals surface area contributed by atoms with E-state index in [-0.39, 0.29) is 11.5 Å². The zero-order valence-electron chi connectivity index (χ0n) is 16.7. The molecule has 1 fully saturated rings. The molecular weight excluding hydrogens is 432 g/mol. The molecule has 8 heteroatoms. The summed E-state index contributed by atoms with van der Waals surface area (Å²) in [4.78, 5) is 28.1. The van der Waals surface area contributed by atoms with E-state index in [1.54, 1.807) is 36.4 Å². The Hall–Kier alpha value is -3.36. The number of nitrogens with zero attached hydrogens (tertiary/aromatic N) is 2. The molecule has 0 saturated carbocycles. The number of hydrogen-bond acceptors (Lipinski definition) is 6. The minimum atomic E-state index is -1.00. The van der Waals surface area contributed by atoms with Crippen molar-refractivity contribution in [2.24, 2.45) is 0 Å². The second-order valence-corrected chi connectivity index (χ2v) is 8.69. The molecule has 3 aromatic rings. The molecular formula is C23H18N2O4S2. The number of carboxylic acid groups (broad SMARTS) is 1. The van der Waals surface area contributed by atoms with E-state index in [0.717, 1.165) is 5.69 Å². The molecule has 0 spiro atoms. The van der Waals surface area contributed by atoms with Gasteiger partial charge in [-0.15, -0.1) is 0 Å². The van der Waals surface area contributed by atoms with Crippen molar-refractivity contribution in [3.8, 4) is 11.3 Å². The third-order valence-corrected chi connectivity index (χ3v) is 6.01. The number of anilines is 2. The third-order valence-electron chi connectivity index (χ3n) is 4.71. The number of carbonyl (C=O) groups is 2. The van der Waals surface area contributed by atoms with Gasteiger partial charge in [0.15, 0.2) is 4.32 Å². The second-order valence-electron chi connectivity index (χ2n) is 7.02. The van der Waals surface area contributed by atoms with Crippen LogP contribution < -0.4 is 9.80 Å². The van der Waals surface area contributed by atoms with Crippen LogP contribution in [0.5, 0.6) is 0 Å². The number of furan rings is 1. The average Bonchev–Trinajstić information content (AvgIpc) is 3.33. The van der Waals surface area contributed by atoms with Gasteiger partial charge in [0, 0.05) is 31.4 Å². The summed E-state index contributed by atoms with van der Waals surface area (Å²) in [7, 11) is 3.90. The lowest BCUT2D eigenvalue weighted by Crippen LogP contribution is -2.27. The van der Waals surface area contributed by atoms with E-state index in [9.17, 15) is 9.59 Å². The highest BCUT2D eigenvalue weighted by Crippen LogP contribution is 2.37. The summed E-state index contributed by atoms with van der Waals surface area (Å²) in [6.07, 6.45) is 1.65. The van der Waals surface area contributed by atoms with Crippen LogP contribution in [0.2, 0.25) is 0 Å². The number of hydrogen-bond donors (Lipinski definition) is 1. The van der Waals surface area contributed by atoms with Crippen molar-refractivity contribution in [1.29, 1.82) is 0 Å². The lowest BCUT2D eigenvalue weighted by Gasteiger charge is -2.17. The molecule has 0 radical (unpaired) electrons. The van der Waals surface area contributed by atoms with E-state index in [1.807, 2.05) is 43.3 Å². The fourth-order valence-electron chi connectivity index (χ4n) is 3.11. The molecule has 1 amide bonds. The summed E-state index contributed by atoms with van der Waals surface area (Å²) >= 11 is 6.64. The molecule has 6 nitrogen and oxygen atoms in total. The molecule has 31 heavy (non-hydrogen) atoms. The molecule has 0 bridgehead atoms. The number of aromatic carboxylic acids is 1. The fraction of sp³-hybridized carbons (Fsp3) is 0.0870. The van der Waals surface area contributed by atoms with Gasteiger partial charge in [-0.05, 0) is 48.5 Å². The van der Waals surface area contributed by atoms with Crippen molar-refractivity contribution in [3.63, 3.8) is 0 Å². The predicted octanol–water partition coefficient (Wildman–Crippen LogP) is 5.12. The maximum atomic E-state index is 13.0. The number of benzene rings is 2. The number of carbonyl (C=O) groups excluding carboxylic acids is 1. The largest absolute Gasteiger partial charge is 0.478 e. The monoisotopic (exact) mass is 450 g/mol. The van der Waals surface area contributed by atoms with Crippen LogP contribution >= 0.6 is 24.0 Å². The van der Waals surface area contributed by atoms with E-state index in [0.29, 0.717) is 32.0 Å². The summed E-state index contributed by atoms with van der Waals surface area (Å²) in [6.45, 7) is 0. The Morgan fingerprint density at radius 1 is 1.13 bits per heavy atom. The van der Waals surface area contributed by atoms with Crippen LogP contribution in [0.25, 0.3) is 17.4 Å². The number of thiocarbonyl (C=S) groups is 1. The molecule has 4 rings (SSSR count). The number of carboxylic acids is 1. The third kappa shape index (κ3) is 4.26. The molecule has 1 aliphatic rings. The highest BCUT2D eigenvalue weighted by atomic mass is 32.2. The molecule has 1 aromatic heterocycles. The quantitative estimate of drug-likeness (QED) is 0.427. The van der Waals surface area contributed by atoms with E-state index in [1.165, 1.54) is 22.7 Å². The molecule has 1 saturated heterocycles. The average molecular weight is 451 g/mol. The van der Waals surface area contributed by atoms with Crippen LogP contribution in [-0.4, -0.2) is 35.4 Å². The van der Waals surface area contributed by atoms with Gasteiger partial charge in [-0.25, -0.2) is 4.79 Å². The summed E-state index contributed by atoms with van der Waals surface area (Å²) in [6, 6.07) is 17.6. The second kappa shape index (κ2) is 8.41. The zero-order valence-corrected chi connectivity index (χ0v) is 18.4. The van der Waals surface area contributed by atoms with E-state index in [4.69, 9.17) is 21.7 Å². The number of rotatable bonds is 5. The normalized spacial score (nSPS) is 15.0. The number of thioether (sulfide) groups is 1. The van der Waals surface area contributed by atoms with Gasteiger partial charge in [0.1, 0.15) is 11.5 Å². The topological polar surface area (TPSA) is 74.0 Å². The highest BCUT2D eigenvalue weighted by Gasteiger charge is 2.33. The van der Waals surface area contributed by atoms with Crippen molar-refractivity contribution < 1.29 is 19.1 Å². The van der Waals surface area contributed by atoms with E-state index < -0.39 is 5.97 Å². The SMILES string of the molecule is CN(C)c1ccc(N2C(=O)/C(=C\c3ccc(-c4cccc(C(=O)O)c4)o3)SC2=S)cc1. The summed E-state index contributed by atoms with van der Waals surface area (Å²) in [5.74, 6) is -0.211. The van der Waals surface area contributed by atoms with Gasteiger partial charge in [-0.3, -0.25) is 9.69 Å². The van der Waals surface area contributed by atoms with Gasteiger partial charge < -0.3 is 14.4 Å². The molecule has 0 unspecified atom stereocenters. The Labute approximate surface area is 188 Å². The van der Waals surface area contributed by atoms with E-state index >= 15 is 0 Å². The molecule has 1 aliphatic heterocycles. The molecule has 0 atom stereocenters. The standard InChI is InChI=1S/C23H18N2O4S2/c1-24(2)16-6-8-17(9-7-16)25-21(26)20(31-23(25)30)13-18-10-11-19(29-18)14-4-3-5-15(12-14)22(27)28/h3-13H,1-2H3,(H,27,28)/b20-13+. The van der Waals surface area contributed by atoms with Gasteiger partial charge in [0.25, 0.3) is 5.91 Å². The maximum Gasteiger partial charge on any atom is 0.335 e. The smallest absolute Gasteiger partial charge is 0.335 e. The van der Waals surface area contributed by atoms with Gasteiger partial charge in [-0.1, -0.05) is 36.1 Å². The summed E-state index contributed by atoms with van der Waals surface area (Å²) in [5, 5.41) is 9.17. The van der Waals surface area contributed by atoms with Crippen LogP contribution in [0.4, 0.5) is 11.4 Å². The summed E-state index contributed by atoms with van der Waals surface area (Å²) in [5.41, 5.74) is 2.56. The van der Waals surface area contributed by atoms with Crippen LogP contribution in [0.3, 0.4) is 0 Å². The first-order valence-corrected chi connectivity index (χ1v) is 10.5. The first-order valence-electron chi connectivity index (χ1n) is 9.32. The van der Waals surface area contributed by atoms with Crippen LogP contribution in [0.1, 0.15) is 16.1 Å². The molecule has 2 aromatic carbocycles. The van der Waals surface area contributed by atoms with Gasteiger partial charge in [-0.2, -0.15) is 0 Å². The Bertz CT molecular complexity index is 1210. The molecule has 0 aliphatic carbocycles. The summed E-state index contributed by atoms with van der Waals surface area (Å²) < 4.78 is 6.28. The van der Waals surface area contributed by atoms with Crippen LogP contribution in [0.15, 0.2) is 70.0 Å². The van der Waals surface area contributed by atoms with Crippen molar-refractivity contribution in [2.45, 2.75) is 0 Å². The molecule has 156 valence electrons. The Morgan fingerprint density at radius 2 is 1.87 bits per heavy atom. The van der Waals surface area contributed by atoms with Gasteiger partial charge in [0.05, 0.1) is 16.2 Å². The minimum absolute atomic E-state index is 0.177. The van der Waals surface area contributed by atoms with Crippen molar-refractivity contribution in [2.75, 3.05) is 23.9 Å². The minimum Gasteiger partial charge on any atom is -0.478 e. The van der Waals surface area contributed by atoms with Gasteiger partial charge >= 0.3 is 5.97 Å². The Kier molecular flexibility index (Phi) is 5.67. The van der Waals surface area contributed by atoms with Crippen LogP contribution in [-0.2, 0) is 4.79 Å². The highest BCUT2D eigenvalue weighted by molar-refractivity contribution is 8.27. The lowest BCUT2D eigenvalue weighted by atomic mass is 10.1. The van der Waals surface area contributed by atoms with Gasteiger partial charge in [0.2, 0.25) is 0 Å². The van der Waals surface area contributed by atoms with E-state index in [2.05, 4.69) is 0 Å². The predicted molar refractivity (Wildman–Crippen MR) is 128 cm³/mol. The Morgan fingerprint density at radius 3 is 2.55 bits per heavy atom. The Balaban J connectivity index is 1.57. The fourth-order valence-corrected chi connectivity index (χ4v) is 4.39. The molecule has 2 heterocycles. The van der Waals surface area contributed by atoms with Crippen molar-refractivity contribution in [1.82, 2.24) is 0 Å². The maximum absolute atomic E-state index is 13.0.